The van der Waals surface area contributed by atoms with Crippen LogP contribution in [0.1, 0.15) is 34.1 Å². The lowest BCUT2D eigenvalue weighted by Gasteiger charge is -2.23. The Kier molecular flexibility index (Phi) is 4.60. The molecule has 0 aliphatic carbocycles. The minimum atomic E-state index is -0.561. The number of nitrogens with one attached hydrogen (secondary N) is 1. The van der Waals surface area contributed by atoms with Crippen LogP contribution in [0.3, 0.4) is 0 Å². The normalized spacial score (nSPS) is 13.2. The standard InChI is InChI=1S/C10H19NO3/c1-6-7(11-9(13)14-5)8(12)10(2,3)4/h7H,6H2,1-5H3,(H,11,13)/t7-/m0/s1. The molecule has 0 aromatic heterocycles. The molecule has 0 radical (unpaired) electrons. The van der Waals surface area contributed by atoms with Crippen LogP contribution in [0.4, 0.5) is 4.79 Å². The molecule has 0 spiro atoms. The van der Waals surface area contributed by atoms with Crippen LogP contribution in [-0.2, 0) is 9.53 Å². The molecule has 0 aromatic carbocycles. The topological polar surface area (TPSA) is 55.4 Å². The lowest BCUT2D eigenvalue weighted by atomic mass is 9.85. The monoisotopic (exact) mass is 201 g/mol. The Morgan fingerprint density at radius 1 is 1.36 bits per heavy atom. The van der Waals surface area contributed by atoms with Crippen LogP contribution in [0.5, 0.6) is 0 Å². The average Bonchev–Trinajstić information content (AvgIpc) is 2.11. The van der Waals surface area contributed by atoms with Gasteiger partial charge in [-0.1, -0.05) is 27.7 Å². The zero-order valence-corrected chi connectivity index (χ0v) is 9.51. The largest absolute Gasteiger partial charge is 0.453 e. The van der Waals surface area contributed by atoms with Crippen molar-refractivity contribution in [2.24, 2.45) is 5.41 Å². The van der Waals surface area contributed by atoms with Crippen LogP contribution in [0.25, 0.3) is 0 Å². The number of ketones is 1. The van der Waals surface area contributed by atoms with Gasteiger partial charge >= 0.3 is 6.09 Å². The van der Waals surface area contributed by atoms with Gasteiger partial charge in [0.25, 0.3) is 0 Å². The highest BCUT2D eigenvalue weighted by atomic mass is 16.5. The van der Waals surface area contributed by atoms with Crippen molar-refractivity contribution >= 4 is 11.9 Å². The Hall–Kier alpha value is -1.06. The number of rotatable bonds is 3. The van der Waals surface area contributed by atoms with E-state index in [-0.39, 0.29) is 5.78 Å². The van der Waals surface area contributed by atoms with Gasteiger partial charge in [-0.2, -0.15) is 0 Å². The van der Waals surface area contributed by atoms with Crippen LogP contribution >= 0.6 is 0 Å². The highest BCUT2D eigenvalue weighted by Crippen LogP contribution is 2.18. The third kappa shape index (κ3) is 3.77. The molecule has 0 rings (SSSR count). The number of carbonyl (C=O) groups is 2. The van der Waals surface area contributed by atoms with Crippen molar-refractivity contribution in [2.75, 3.05) is 7.11 Å². The average molecular weight is 201 g/mol. The Morgan fingerprint density at radius 3 is 2.14 bits per heavy atom. The maximum Gasteiger partial charge on any atom is 0.407 e. The Balaban J connectivity index is 4.42. The van der Waals surface area contributed by atoms with Crippen LogP contribution in [-0.4, -0.2) is 25.0 Å². The second-order valence-corrected chi connectivity index (χ2v) is 4.21. The smallest absolute Gasteiger partial charge is 0.407 e. The number of hydrogen-bond acceptors (Lipinski definition) is 3. The third-order valence-corrected chi connectivity index (χ3v) is 1.94. The van der Waals surface area contributed by atoms with E-state index in [2.05, 4.69) is 10.1 Å². The van der Waals surface area contributed by atoms with E-state index in [0.29, 0.717) is 6.42 Å². The summed E-state index contributed by atoms with van der Waals surface area (Å²) in [7, 11) is 1.28. The fourth-order valence-electron chi connectivity index (χ4n) is 1.08. The number of methoxy groups -OCH3 is 1. The lowest BCUT2D eigenvalue weighted by Crippen LogP contribution is -2.45. The predicted molar refractivity (Wildman–Crippen MR) is 54.1 cm³/mol. The molecule has 0 unspecified atom stereocenters. The van der Waals surface area contributed by atoms with Crippen molar-refractivity contribution < 1.29 is 14.3 Å². The third-order valence-electron chi connectivity index (χ3n) is 1.94. The summed E-state index contributed by atoms with van der Waals surface area (Å²) in [5.41, 5.74) is -0.443. The maximum atomic E-state index is 11.8. The summed E-state index contributed by atoms with van der Waals surface area (Å²) in [4.78, 5) is 22.7. The van der Waals surface area contributed by atoms with Gasteiger partial charge in [-0.15, -0.1) is 0 Å². The molecule has 82 valence electrons. The fraction of sp³-hybridized carbons (Fsp3) is 0.800. The Labute approximate surface area is 85.0 Å². The first-order valence-corrected chi connectivity index (χ1v) is 4.71. The van der Waals surface area contributed by atoms with Crippen LogP contribution in [0.2, 0.25) is 0 Å². The second-order valence-electron chi connectivity index (χ2n) is 4.21. The van der Waals surface area contributed by atoms with Crippen molar-refractivity contribution in [3.8, 4) is 0 Å². The van der Waals surface area contributed by atoms with E-state index in [0.717, 1.165) is 0 Å². The molecule has 0 bridgehead atoms. The molecule has 14 heavy (non-hydrogen) atoms. The molecule has 4 heteroatoms. The molecule has 0 fully saturated rings. The van der Waals surface area contributed by atoms with E-state index in [1.54, 1.807) is 0 Å². The Morgan fingerprint density at radius 2 is 1.86 bits per heavy atom. The number of ether oxygens (including phenoxy) is 1. The molecular formula is C10H19NO3. The second kappa shape index (κ2) is 4.98. The molecule has 0 heterocycles. The van der Waals surface area contributed by atoms with E-state index < -0.39 is 17.6 Å². The summed E-state index contributed by atoms with van der Waals surface area (Å²) in [5, 5.41) is 2.51. The summed E-state index contributed by atoms with van der Waals surface area (Å²) in [6.07, 6.45) is 0.0139. The molecule has 1 amide bonds. The minimum Gasteiger partial charge on any atom is -0.453 e. The summed E-state index contributed by atoms with van der Waals surface area (Å²) in [6.45, 7) is 7.34. The van der Waals surface area contributed by atoms with Gasteiger partial charge < -0.3 is 10.1 Å². The van der Waals surface area contributed by atoms with Gasteiger partial charge in [0, 0.05) is 5.41 Å². The molecule has 0 saturated carbocycles. The quantitative estimate of drug-likeness (QED) is 0.756. The zero-order chi connectivity index (χ0) is 11.4. The van der Waals surface area contributed by atoms with Crippen LogP contribution < -0.4 is 5.32 Å². The van der Waals surface area contributed by atoms with Gasteiger partial charge in [0.05, 0.1) is 13.2 Å². The van der Waals surface area contributed by atoms with Crippen LogP contribution in [0.15, 0.2) is 0 Å². The number of amides is 1. The molecule has 1 atom stereocenters. The molecular weight excluding hydrogens is 182 g/mol. The minimum absolute atomic E-state index is 0.0189. The van der Waals surface area contributed by atoms with E-state index in [9.17, 15) is 9.59 Å². The molecule has 4 nitrogen and oxygen atoms in total. The highest BCUT2D eigenvalue weighted by molar-refractivity contribution is 5.91. The van der Waals surface area contributed by atoms with Gasteiger partial charge in [-0.05, 0) is 6.42 Å². The molecule has 0 aliphatic heterocycles. The summed E-state index contributed by atoms with van der Waals surface area (Å²) < 4.78 is 4.44. The predicted octanol–water partition coefficient (Wildman–Crippen LogP) is 1.74. The van der Waals surface area contributed by atoms with Crippen LogP contribution in [0, 0.1) is 5.41 Å². The maximum absolute atomic E-state index is 11.8. The number of hydrogen-bond donors (Lipinski definition) is 1. The SMILES string of the molecule is CC[C@H](NC(=O)OC)C(=O)C(C)(C)C. The summed E-state index contributed by atoms with van der Waals surface area (Å²) >= 11 is 0. The Bertz CT molecular complexity index is 218. The van der Waals surface area contributed by atoms with Crippen molar-refractivity contribution in [2.45, 2.75) is 40.2 Å². The van der Waals surface area contributed by atoms with Gasteiger partial charge in [-0.3, -0.25) is 4.79 Å². The van der Waals surface area contributed by atoms with Crippen molar-refractivity contribution in [1.82, 2.24) is 5.32 Å². The summed E-state index contributed by atoms with van der Waals surface area (Å²) in [5.74, 6) is 0.0189. The fourth-order valence-corrected chi connectivity index (χ4v) is 1.08. The molecule has 0 saturated heterocycles. The van der Waals surface area contributed by atoms with E-state index in [1.165, 1.54) is 7.11 Å². The van der Waals surface area contributed by atoms with Crippen molar-refractivity contribution in [1.29, 1.82) is 0 Å². The number of alkyl carbamates (subject to hydrolysis) is 1. The van der Waals surface area contributed by atoms with Gasteiger partial charge in [-0.25, -0.2) is 4.79 Å². The molecule has 1 N–H and O–H groups in total. The molecule has 0 aliphatic rings. The molecule has 0 aromatic rings. The van der Waals surface area contributed by atoms with E-state index in [1.807, 2.05) is 27.7 Å². The first-order valence-electron chi connectivity index (χ1n) is 4.71. The van der Waals surface area contributed by atoms with Gasteiger partial charge in [0.1, 0.15) is 0 Å². The summed E-state index contributed by atoms with van der Waals surface area (Å²) in [6, 6.07) is -0.456. The van der Waals surface area contributed by atoms with Crippen molar-refractivity contribution in [3.63, 3.8) is 0 Å². The van der Waals surface area contributed by atoms with E-state index in [4.69, 9.17) is 0 Å². The first kappa shape index (κ1) is 12.9. The zero-order valence-electron chi connectivity index (χ0n) is 9.51. The number of carbonyl (C=O) groups excluding carboxylic acids is 2. The van der Waals surface area contributed by atoms with Gasteiger partial charge in [0.2, 0.25) is 0 Å². The van der Waals surface area contributed by atoms with Crippen molar-refractivity contribution in [3.05, 3.63) is 0 Å². The van der Waals surface area contributed by atoms with Gasteiger partial charge in [0.15, 0.2) is 5.78 Å². The highest BCUT2D eigenvalue weighted by Gasteiger charge is 2.29. The lowest BCUT2D eigenvalue weighted by molar-refractivity contribution is -0.128. The number of Topliss-reactive ketones (excluding diaryl/α,β-unsaturated/α-hetero) is 1. The first-order chi connectivity index (χ1) is 6.32. The van der Waals surface area contributed by atoms with E-state index >= 15 is 0 Å².